The summed E-state index contributed by atoms with van der Waals surface area (Å²) < 4.78 is 6.13. The molecule has 0 radical (unpaired) electrons. The van der Waals surface area contributed by atoms with Gasteiger partial charge in [-0.25, -0.2) is 15.0 Å². The second-order valence-corrected chi connectivity index (χ2v) is 8.14. The molecule has 1 aromatic carbocycles. The molecular weight excluding hydrogens is 378 g/mol. The Kier molecular flexibility index (Phi) is 4.65. The molecule has 3 unspecified atom stereocenters. The maximum atomic E-state index is 13.6. The molecule has 3 atom stereocenters. The second kappa shape index (κ2) is 7.48. The van der Waals surface area contributed by atoms with Gasteiger partial charge in [0.1, 0.15) is 6.10 Å². The lowest BCUT2D eigenvalue weighted by molar-refractivity contribution is 0.0466. The van der Waals surface area contributed by atoms with E-state index in [2.05, 4.69) is 19.9 Å². The number of rotatable bonds is 4. The van der Waals surface area contributed by atoms with Gasteiger partial charge in [-0.05, 0) is 44.7 Å². The van der Waals surface area contributed by atoms with Crippen molar-refractivity contribution < 1.29 is 9.53 Å². The van der Waals surface area contributed by atoms with Crippen LogP contribution in [0.1, 0.15) is 34.5 Å². The zero-order chi connectivity index (χ0) is 20.7. The molecule has 2 bridgehead atoms. The zero-order valence-corrected chi connectivity index (χ0v) is 17.0. The average Bonchev–Trinajstić information content (AvgIpc) is 3.36. The van der Waals surface area contributed by atoms with Crippen LogP contribution < -0.4 is 4.74 Å². The van der Waals surface area contributed by atoms with Crippen LogP contribution in [0, 0.1) is 19.8 Å². The molecule has 2 aromatic heterocycles. The maximum absolute atomic E-state index is 13.6. The molecule has 152 valence electrons. The zero-order valence-electron chi connectivity index (χ0n) is 17.0. The summed E-state index contributed by atoms with van der Waals surface area (Å²) in [4.78, 5) is 32.8. The number of piperidine rings is 1. The number of aromatic nitrogens is 4. The van der Waals surface area contributed by atoms with E-state index in [4.69, 9.17) is 4.74 Å². The third kappa shape index (κ3) is 3.40. The highest BCUT2D eigenvalue weighted by Gasteiger charge is 2.48. The predicted molar refractivity (Wildman–Crippen MR) is 111 cm³/mol. The molecule has 2 fully saturated rings. The fourth-order valence-electron chi connectivity index (χ4n) is 4.55. The van der Waals surface area contributed by atoms with Gasteiger partial charge in [0.25, 0.3) is 5.91 Å². The van der Waals surface area contributed by atoms with Gasteiger partial charge < -0.3 is 9.64 Å². The van der Waals surface area contributed by atoms with Crippen molar-refractivity contribution in [1.29, 1.82) is 0 Å². The minimum absolute atomic E-state index is 0.0111. The summed E-state index contributed by atoms with van der Waals surface area (Å²) in [5.74, 6) is 1.54. The summed E-state index contributed by atoms with van der Waals surface area (Å²) in [6.45, 7) is 4.64. The molecule has 1 saturated carbocycles. The van der Waals surface area contributed by atoms with Gasteiger partial charge in [-0.2, -0.15) is 0 Å². The first kappa shape index (κ1) is 18.7. The summed E-state index contributed by atoms with van der Waals surface area (Å²) in [6, 6.07) is 7.66. The normalized spacial score (nSPS) is 22.3. The highest BCUT2D eigenvalue weighted by molar-refractivity contribution is 6.00. The van der Waals surface area contributed by atoms with Crippen LogP contribution in [0.25, 0.3) is 11.4 Å². The largest absolute Gasteiger partial charge is 0.471 e. The van der Waals surface area contributed by atoms with Gasteiger partial charge >= 0.3 is 0 Å². The Hall–Kier alpha value is -3.35. The quantitative estimate of drug-likeness (QED) is 0.668. The van der Waals surface area contributed by atoms with Gasteiger partial charge in [0, 0.05) is 24.5 Å². The Morgan fingerprint density at radius 2 is 1.90 bits per heavy atom. The topological polar surface area (TPSA) is 81.1 Å². The van der Waals surface area contributed by atoms with Gasteiger partial charge in [0.05, 0.1) is 29.7 Å². The van der Waals surface area contributed by atoms with E-state index in [9.17, 15) is 4.79 Å². The highest BCUT2D eigenvalue weighted by atomic mass is 16.5. The first-order valence-electron chi connectivity index (χ1n) is 10.2. The predicted octanol–water partition coefficient (Wildman–Crippen LogP) is 3.23. The van der Waals surface area contributed by atoms with Crippen LogP contribution in [0.4, 0.5) is 0 Å². The van der Waals surface area contributed by atoms with Crippen LogP contribution in [-0.4, -0.2) is 49.4 Å². The van der Waals surface area contributed by atoms with Gasteiger partial charge in [-0.15, -0.1) is 0 Å². The molecule has 0 N–H and O–H groups in total. The molecule has 1 saturated heterocycles. The van der Waals surface area contributed by atoms with Crippen molar-refractivity contribution in [1.82, 2.24) is 24.8 Å². The first-order valence-corrected chi connectivity index (χ1v) is 10.2. The van der Waals surface area contributed by atoms with E-state index in [0.717, 1.165) is 36.2 Å². The molecule has 3 heterocycles. The van der Waals surface area contributed by atoms with Crippen LogP contribution in [0.15, 0.2) is 49.1 Å². The van der Waals surface area contributed by atoms with Crippen LogP contribution in [-0.2, 0) is 0 Å². The Bertz CT molecular complexity index is 1070. The SMILES string of the molecule is Cc1ccc(-c2ncccn2)c(C(=O)N2CC3CC(Oc4cnc(C)cn4)C2C3)c1. The maximum Gasteiger partial charge on any atom is 0.255 e. The molecule has 7 nitrogen and oxygen atoms in total. The molecule has 30 heavy (non-hydrogen) atoms. The number of hydrogen-bond donors (Lipinski definition) is 0. The fourth-order valence-corrected chi connectivity index (χ4v) is 4.55. The van der Waals surface area contributed by atoms with Crippen molar-refractivity contribution in [3.05, 3.63) is 65.9 Å². The van der Waals surface area contributed by atoms with E-state index < -0.39 is 0 Å². The lowest BCUT2D eigenvalue weighted by Gasteiger charge is -2.33. The van der Waals surface area contributed by atoms with Crippen molar-refractivity contribution >= 4 is 5.91 Å². The molecule has 1 aliphatic carbocycles. The number of fused-ring (bicyclic) bond motifs is 2. The number of likely N-dealkylation sites (tertiary alicyclic amines) is 1. The van der Waals surface area contributed by atoms with Crippen molar-refractivity contribution in [2.45, 2.75) is 38.8 Å². The van der Waals surface area contributed by atoms with E-state index in [1.54, 1.807) is 30.9 Å². The van der Waals surface area contributed by atoms with E-state index in [1.165, 1.54) is 0 Å². The third-order valence-corrected chi connectivity index (χ3v) is 5.93. The minimum Gasteiger partial charge on any atom is -0.471 e. The number of carbonyl (C=O) groups excluding carboxylic acids is 1. The average molecular weight is 401 g/mol. The monoisotopic (exact) mass is 401 g/mol. The molecule has 1 amide bonds. The Morgan fingerprint density at radius 1 is 1.07 bits per heavy atom. The number of benzene rings is 1. The van der Waals surface area contributed by atoms with E-state index in [-0.39, 0.29) is 18.1 Å². The third-order valence-electron chi connectivity index (χ3n) is 5.93. The number of hydrogen-bond acceptors (Lipinski definition) is 6. The molecular formula is C23H23N5O2. The van der Waals surface area contributed by atoms with Crippen LogP contribution in [0.2, 0.25) is 0 Å². The van der Waals surface area contributed by atoms with Gasteiger partial charge in [-0.1, -0.05) is 17.7 Å². The summed E-state index contributed by atoms with van der Waals surface area (Å²) in [6.07, 6.45) is 8.57. The van der Waals surface area contributed by atoms with E-state index >= 15 is 0 Å². The summed E-state index contributed by atoms with van der Waals surface area (Å²) in [5, 5.41) is 0. The lowest BCUT2D eigenvalue weighted by atomic mass is 10.0. The lowest BCUT2D eigenvalue weighted by Crippen LogP contribution is -2.47. The summed E-state index contributed by atoms with van der Waals surface area (Å²) in [7, 11) is 0. The molecule has 2 aliphatic rings. The van der Waals surface area contributed by atoms with Crippen LogP contribution in [0.3, 0.4) is 0 Å². The number of amides is 1. The number of carbonyl (C=O) groups is 1. The Morgan fingerprint density at radius 3 is 2.63 bits per heavy atom. The standard InChI is InChI=1S/C23H23N5O2/c1-14-4-5-17(22-24-6-3-7-25-22)18(8-14)23(29)28-13-16-9-19(28)20(10-16)30-21-12-26-15(2)11-27-21/h3-8,11-12,16,19-20H,9-10,13H2,1-2H3. The number of nitrogens with zero attached hydrogens (tertiary/aromatic N) is 5. The number of ether oxygens (including phenoxy) is 1. The van der Waals surface area contributed by atoms with Crippen molar-refractivity contribution in [3.63, 3.8) is 0 Å². The summed E-state index contributed by atoms with van der Waals surface area (Å²) in [5.41, 5.74) is 3.28. The molecule has 0 spiro atoms. The second-order valence-electron chi connectivity index (χ2n) is 8.14. The van der Waals surface area contributed by atoms with Gasteiger partial charge in [0.15, 0.2) is 5.82 Å². The minimum atomic E-state index is -0.0639. The van der Waals surface area contributed by atoms with Crippen LogP contribution >= 0.6 is 0 Å². The van der Waals surface area contributed by atoms with Crippen LogP contribution in [0.5, 0.6) is 5.88 Å². The van der Waals surface area contributed by atoms with Crippen molar-refractivity contribution in [2.75, 3.05) is 6.54 Å². The van der Waals surface area contributed by atoms with Gasteiger partial charge in [0.2, 0.25) is 5.88 Å². The first-order chi connectivity index (χ1) is 14.6. The molecule has 1 aliphatic heterocycles. The molecule has 7 heteroatoms. The fraction of sp³-hybridized carbons (Fsp3) is 0.348. The van der Waals surface area contributed by atoms with E-state index in [0.29, 0.717) is 23.2 Å². The number of aryl methyl sites for hydroxylation is 2. The Labute approximate surface area is 175 Å². The Balaban J connectivity index is 1.42. The summed E-state index contributed by atoms with van der Waals surface area (Å²) >= 11 is 0. The molecule has 5 rings (SSSR count). The van der Waals surface area contributed by atoms with Gasteiger partial charge in [-0.3, -0.25) is 9.78 Å². The smallest absolute Gasteiger partial charge is 0.255 e. The van der Waals surface area contributed by atoms with E-state index in [1.807, 2.05) is 36.9 Å². The van der Waals surface area contributed by atoms with Crippen molar-refractivity contribution in [2.24, 2.45) is 5.92 Å². The van der Waals surface area contributed by atoms with Crippen molar-refractivity contribution in [3.8, 4) is 17.3 Å². The molecule has 3 aromatic rings. The highest BCUT2D eigenvalue weighted by Crippen LogP contribution is 2.41.